The van der Waals surface area contributed by atoms with E-state index in [9.17, 15) is 0 Å². The molecule has 90 valence electrons. The van der Waals surface area contributed by atoms with Crippen LogP contribution in [0.25, 0.3) is 10.9 Å². The number of likely N-dealkylation sites (N-methyl/N-ethyl adjacent to an activating group) is 1. The lowest BCUT2D eigenvalue weighted by molar-refractivity contribution is 0.271. The van der Waals surface area contributed by atoms with E-state index in [1.54, 1.807) is 0 Å². The number of benzene rings is 1. The molecule has 1 aromatic heterocycles. The maximum absolute atomic E-state index is 5.95. The third-order valence-corrected chi connectivity index (χ3v) is 3.84. The molecule has 17 heavy (non-hydrogen) atoms. The Morgan fingerprint density at radius 2 is 2.12 bits per heavy atom. The molecular weight excluding hydrogens is 210 g/mol. The number of hydrogen-bond acceptors (Lipinski definition) is 2. The fourth-order valence-electron chi connectivity index (χ4n) is 2.97. The van der Waals surface area contributed by atoms with Crippen LogP contribution in [-0.2, 0) is 19.6 Å². The largest absolute Gasteiger partial charge is 0.341 e. The van der Waals surface area contributed by atoms with Crippen LogP contribution in [0.2, 0.25) is 0 Å². The van der Waals surface area contributed by atoms with Crippen LogP contribution >= 0.6 is 0 Å². The van der Waals surface area contributed by atoms with Crippen molar-refractivity contribution in [3.05, 3.63) is 35.0 Å². The number of nitrogens with zero attached hydrogens (tertiary/aromatic N) is 2. The van der Waals surface area contributed by atoms with E-state index < -0.39 is 0 Å². The zero-order valence-electron chi connectivity index (χ0n) is 10.5. The molecule has 0 bridgehead atoms. The molecule has 3 rings (SSSR count). The van der Waals surface area contributed by atoms with Gasteiger partial charge in [0.2, 0.25) is 0 Å². The zero-order chi connectivity index (χ0) is 12.0. The summed E-state index contributed by atoms with van der Waals surface area (Å²) in [5, 5.41) is 1.35. The molecule has 3 heteroatoms. The second kappa shape index (κ2) is 3.86. The highest BCUT2D eigenvalue weighted by atomic mass is 15.2. The predicted molar refractivity (Wildman–Crippen MR) is 70.9 cm³/mol. The second-order valence-corrected chi connectivity index (χ2v) is 4.99. The summed E-state index contributed by atoms with van der Waals surface area (Å²) in [5.41, 5.74) is 11.4. The fraction of sp³-hybridized carbons (Fsp3) is 0.429. The van der Waals surface area contributed by atoms with Gasteiger partial charge in [-0.15, -0.1) is 0 Å². The van der Waals surface area contributed by atoms with E-state index in [1.807, 2.05) is 0 Å². The Morgan fingerprint density at radius 1 is 1.29 bits per heavy atom. The predicted octanol–water partition coefficient (Wildman–Crippen LogP) is 1.85. The van der Waals surface area contributed by atoms with Gasteiger partial charge >= 0.3 is 0 Å². The van der Waals surface area contributed by atoms with Crippen molar-refractivity contribution >= 4 is 10.9 Å². The first-order valence-corrected chi connectivity index (χ1v) is 6.20. The standard InChI is InChI=1S/C14H19N3/c1-10-4-3-5-11-12(8-15)13-9-16(2)6-7-17(13)14(10)11/h3-5H,6-9,15H2,1-2H3. The molecule has 0 unspecified atom stereocenters. The number of para-hydroxylation sites is 1. The van der Waals surface area contributed by atoms with Gasteiger partial charge in [-0.2, -0.15) is 0 Å². The maximum Gasteiger partial charge on any atom is 0.0516 e. The third-order valence-electron chi connectivity index (χ3n) is 3.84. The van der Waals surface area contributed by atoms with Crippen molar-refractivity contribution in [1.29, 1.82) is 0 Å². The van der Waals surface area contributed by atoms with Gasteiger partial charge in [0.1, 0.15) is 0 Å². The highest BCUT2D eigenvalue weighted by Gasteiger charge is 2.21. The van der Waals surface area contributed by atoms with Crippen LogP contribution in [0.3, 0.4) is 0 Å². The smallest absolute Gasteiger partial charge is 0.0516 e. The third kappa shape index (κ3) is 1.50. The Kier molecular flexibility index (Phi) is 2.45. The van der Waals surface area contributed by atoms with Crippen LogP contribution < -0.4 is 5.73 Å². The van der Waals surface area contributed by atoms with Crippen molar-refractivity contribution in [2.24, 2.45) is 5.73 Å². The van der Waals surface area contributed by atoms with Crippen molar-refractivity contribution in [2.45, 2.75) is 26.6 Å². The van der Waals surface area contributed by atoms with E-state index in [1.165, 1.54) is 27.7 Å². The molecular formula is C14H19N3. The summed E-state index contributed by atoms with van der Waals surface area (Å²) < 4.78 is 2.47. The number of fused-ring (bicyclic) bond motifs is 3. The van der Waals surface area contributed by atoms with Gasteiger partial charge in [-0.05, 0) is 25.1 Å². The number of aryl methyl sites for hydroxylation is 1. The van der Waals surface area contributed by atoms with Crippen LogP contribution in [0.15, 0.2) is 18.2 Å². The lowest BCUT2D eigenvalue weighted by atomic mass is 10.1. The van der Waals surface area contributed by atoms with E-state index in [-0.39, 0.29) is 0 Å². The molecule has 0 radical (unpaired) electrons. The number of rotatable bonds is 1. The molecule has 1 aliphatic heterocycles. The van der Waals surface area contributed by atoms with E-state index in [4.69, 9.17) is 5.73 Å². The van der Waals surface area contributed by atoms with Crippen LogP contribution in [0, 0.1) is 6.92 Å². The average molecular weight is 229 g/mol. The van der Waals surface area contributed by atoms with Gasteiger partial charge < -0.3 is 10.3 Å². The van der Waals surface area contributed by atoms with E-state index in [0.717, 1.165) is 19.6 Å². The maximum atomic E-state index is 5.95. The Labute approximate surface area is 102 Å². The topological polar surface area (TPSA) is 34.2 Å². The lowest BCUT2D eigenvalue weighted by Crippen LogP contribution is -2.30. The minimum Gasteiger partial charge on any atom is -0.341 e. The molecule has 0 amide bonds. The summed E-state index contributed by atoms with van der Waals surface area (Å²) >= 11 is 0. The molecule has 0 saturated carbocycles. The van der Waals surface area contributed by atoms with Gasteiger partial charge in [0.25, 0.3) is 0 Å². The highest BCUT2D eigenvalue weighted by molar-refractivity contribution is 5.88. The van der Waals surface area contributed by atoms with Crippen molar-refractivity contribution in [1.82, 2.24) is 9.47 Å². The Bertz CT molecular complexity index is 568. The van der Waals surface area contributed by atoms with Gasteiger partial charge in [0.05, 0.1) is 5.52 Å². The summed E-state index contributed by atoms with van der Waals surface area (Å²) in [6, 6.07) is 6.52. The average Bonchev–Trinajstić information content (AvgIpc) is 2.63. The molecule has 0 fully saturated rings. The minimum atomic E-state index is 0.635. The van der Waals surface area contributed by atoms with E-state index >= 15 is 0 Å². The first kappa shape index (κ1) is 10.8. The number of hydrogen-bond donors (Lipinski definition) is 1. The summed E-state index contributed by atoms with van der Waals surface area (Å²) in [6.45, 7) is 6.04. The first-order chi connectivity index (χ1) is 8.22. The Morgan fingerprint density at radius 3 is 2.88 bits per heavy atom. The first-order valence-electron chi connectivity index (χ1n) is 6.20. The van der Waals surface area contributed by atoms with Crippen molar-refractivity contribution in [3.8, 4) is 0 Å². The van der Waals surface area contributed by atoms with Crippen molar-refractivity contribution in [2.75, 3.05) is 13.6 Å². The molecule has 2 aromatic rings. The van der Waals surface area contributed by atoms with Crippen LogP contribution in [-0.4, -0.2) is 23.1 Å². The number of nitrogens with two attached hydrogens (primary N) is 1. The molecule has 2 N–H and O–H groups in total. The monoisotopic (exact) mass is 229 g/mol. The van der Waals surface area contributed by atoms with Crippen molar-refractivity contribution in [3.63, 3.8) is 0 Å². The molecule has 0 atom stereocenters. The Balaban J connectivity index is 2.36. The van der Waals surface area contributed by atoms with Gasteiger partial charge in [-0.1, -0.05) is 18.2 Å². The minimum absolute atomic E-state index is 0.635. The normalized spacial score (nSPS) is 16.4. The zero-order valence-corrected chi connectivity index (χ0v) is 10.5. The number of aromatic nitrogens is 1. The fourth-order valence-corrected chi connectivity index (χ4v) is 2.97. The quantitative estimate of drug-likeness (QED) is 0.810. The van der Waals surface area contributed by atoms with Crippen LogP contribution in [0.4, 0.5) is 0 Å². The van der Waals surface area contributed by atoms with Gasteiger partial charge in [0.15, 0.2) is 0 Å². The Hall–Kier alpha value is -1.32. The van der Waals surface area contributed by atoms with E-state index in [2.05, 4.69) is 41.6 Å². The summed E-state index contributed by atoms with van der Waals surface area (Å²) in [6.07, 6.45) is 0. The summed E-state index contributed by atoms with van der Waals surface area (Å²) in [4.78, 5) is 2.36. The molecule has 2 heterocycles. The van der Waals surface area contributed by atoms with Crippen molar-refractivity contribution < 1.29 is 0 Å². The summed E-state index contributed by atoms with van der Waals surface area (Å²) in [7, 11) is 2.17. The molecule has 0 saturated heterocycles. The van der Waals surface area contributed by atoms with Gasteiger partial charge in [-0.3, -0.25) is 4.90 Å². The second-order valence-electron chi connectivity index (χ2n) is 4.99. The molecule has 0 spiro atoms. The molecule has 0 aliphatic carbocycles. The van der Waals surface area contributed by atoms with E-state index in [0.29, 0.717) is 6.54 Å². The molecule has 1 aromatic carbocycles. The van der Waals surface area contributed by atoms with Gasteiger partial charge in [0, 0.05) is 37.3 Å². The molecule has 3 nitrogen and oxygen atoms in total. The SMILES string of the molecule is Cc1cccc2c(CN)c3n(c12)CCN(C)C3. The van der Waals surface area contributed by atoms with Gasteiger partial charge in [-0.25, -0.2) is 0 Å². The molecule has 1 aliphatic rings. The summed E-state index contributed by atoms with van der Waals surface area (Å²) in [5.74, 6) is 0. The van der Waals surface area contributed by atoms with Crippen LogP contribution in [0.5, 0.6) is 0 Å². The highest BCUT2D eigenvalue weighted by Crippen LogP contribution is 2.30. The lowest BCUT2D eigenvalue weighted by Gasteiger charge is -2.26. The van der Waals surface area contributed by atoms with Crippen LogP contribution in [0.1, 0.15) is 16.8 Å².